The van der Waals surface area contributed by atoms with Gasteiger partial charge >= 0.3 is 5.97 Å². The first kappa shape index (κ1) is 26.8. The van der Waals surface area contributed by atoms with Gasteiger partial charge in [0.1, 0.15) is 5.75 Å². The molecule has 162 valence electrons. The zero-order valence-corrected chi connectivity index (χ0v) is 17.8. The van der Waals surface area contributed by atoms with E-state index in [1.54, 1.807) is 12.1 Å². The van der Waals surface area contributed by atoms with E-state index in [1.807, 2.05) is 26.8 Å². The van der Waals surface area contributed by atoms with E-state index in [1.165, 1.54) is 0 Å². The fourth-order valence-corrected chi connectivity index (χ4v) is 2.12. The van der Waals surface area contributed by atoms with Gasteiger partial charge in [-0.05, 0) is 24.6 Å². The zero-order valence-electron chi connectivity index (χ0n) is 17.1. The summed E-state index contributed by atoms with van der Waals surface area (Å²) >= 11 is 6.01. The molecule has 0 spiro atoms. The van der Waals surface area contributed by atoms with Crippen LogP contribution in [0.1, 0.15) is 25.8 Å². The van der Waals surface area contributed by atoms with Crippen LogP contribution in [0, 0.1) is 6.92 Å². The Kier molecular flexibility index (Phi) is 18.3. The van der Waals surface area contributed by atoms with Gasteiger partial charge in [-0.2, -0.15) is 0 Å². The third kappa shape index (κ3) is 14.8. The molecule has 28 heavy (non-hydrogen) atoms. The molecule has 0 saturated carbocycles. The van der Waals surface area contributed by atoms with Crippen LogP contribution >= 0.6 is 11.6 Å². The predicted molar refractivity (Wildman–Crippen MR) is 108 cm³/mol. The van der Waals surface area contributed by atoms with Crippen molar-refractivity contribution in [3.63, 3.8) is 0 Å². The number of carbonyl (C=O) groups is 1. The summed E-state index contributed by atoms with van der Waals surface area (Å²) in [6.07, 6.45) is 0.140. The summed E-state index contributed by atoms with van der Waals surface area (Å²) in [6.45, 7) is 9.15. The van der Waals surface area contributed by atoms with Gasteiger partial charge in [-0.1, -0.05) is 31.5 Å². The first-order valence-electron chi connectivity index (χ1n) is 9.52. The maximum Gasteiger partial charge on any atom is 0.313 e. The fourth-order valence-electron chi connectivity index (χ4n) is 1.84. The number of aliphatic hydroxyl groups is 1. The van der Waals surface area contributed by atoms with Gasteiger partial charge in [-0.3, -0.25) is 4.79 Å². The molecular weight excluding hydrogens is 388 g/mol. The smallest absolute Gasteiger partial charge is 0.313 e. The molecule has 7 nitrogen and oxygen atoms in total. The third-order valence-electron chi connectivity index (χ3n) is 3.11. The lowest BCUT2D eigenvalue weighted by Crippen LogP contribution is -2.14. The van der Waals surface area contributed by atoms with Gasteiger partial charge in [0.15, 0.2) is 0 Å². The summed E-state index contributed by atoms with van der Waals surface area (Å²) in [6, 6.07) is 5.24. The van der Waals surface area contributed by atoms with Crippen molar-refractivity contribution < 1.29 is 33.6 Å². The molecule has 0 radical (unpaired) electrons. The van der Waals surface area contributed by atoms with Crippen LogP contribution in [0.3, 0.4) is 0 Å². The molecule has 0 amide bonds. The highest BCUT2D eigenvalue weighted by Crippen LogP contribution is 2.25. The van der Waals surface area contributed by atoms with E-state index in [4.69, 9.17) is 40.4 Å². The van der Waals surface area contributed by atoms with Crippen LogP contribution < -0.4 is 4.74 Å². The number of hydrogen-bond donors (Lipinski definition) is 1. The molecule has 1 N–H and O–H groups in total. The molecule has 1 aromatic rings. The van der Waals surface area contributed by atoms with Gasteiger partial charge < -0.3 is 28.8 Å². The van der Waals surface area contributed by atoms with Gasteiger partial charge in [-0.15, -0.1) is 0 Å². The molecule has 1 rings (SSSR count). The van der Waals surface area contributed by atoms with Crippen molar-refractivity contribution in [3.8, 4) is 5.75 Å². The lowest BCUT2D eigenvalue weighted by molar-refractivity contribution is -0.135. The quantitative estimate of drug-likeness (QED) is 0.265. The summed E-state index contributed by atoms with van der Waals surface area (Å²) in [4.78, 5) is 11.7. The van der Waals surface area contributed by atoms with Gasteiger partial charge in [0.05, 0.1) is 70.9 Å². The molecular formula is C20H33ClO7. The van der Waals surface area contributed by atoms with Crippen molar-refractivity contribution in [1.29, 1.82) is 0 Å². The van der Waals surface area contributed by atoms with E-state index in [-0.39, 0.29) is 19.6 Å². The fraction of sp³-hybridized carbons (Fsp3) is 0.650. The molecule has 0 aliphatic carbocycles. The Labute approximate surface area is 172 Å². The standard InChI is InChI=1S/C18H27ClO7.C2H6/c1-15-2-3-17(16(19)14-15)26-18(21)4-6-22-8-10-24-12-13-25-11-9-23-7-5-20;1-2/h2-3,14,20H,4-13H2,1H3;1-2H3. The second kappa shape index (κ2) is 19.1. The lowest BCUT2D eigenvalue weighted by atomic mass is 10.2. The number of aliphatic hydroxyl groups excluding tert-OH is 1. The summed E-state index contributed by atoms with van der Waals surface area (Å²) in [5, 5.41) is 8.93. The van der Waals surface area contributed by atoms with E-state index in [0.717, 1.165) is 5.56 Å². The molecule has 0 aliphatic rings. The van der Waals surface area contributed by atoms with E-state index >= 15 is 0 Å². The van der Waals surface area contributed by atoms with Crippen molar-refractivity contribution >= 4 is 17.6 Å². The van der Waals surface area contributed by atoms with Crippen LogP contribution in [-0.4, -0.2) is 70.5 Å². The van der Waals surface area contributed by atoms with E-state index in [2.05, 4.69) is 0 Å². The van der Waals surface area contributed by atoms with Gasteiger partial charge in [0.2, 0.25) is 0 Å². The number of hydrogen-bond acceptors (Lipinski definition) is 7. The first-order chi connectivity index (χ1) is 13.6. The summed E-state index contributed by atoms with van der Waals surface area (Å²) in [7, 11) is 0. The van der Waals surface area contributed by atoms with Crippen LogP contribution in [-0.2, 0) is 23.7 Å². The molecule has 0 heterocycles. The topological polar surface area (TPSA) is 83.5 Å². The molecule has 8 heteroatoms. The average molecular weight is 421 g/mol. The van der Waals surface area contributed by atoms with E-state index in [9.17, 15) is 4.79 Å². The number of esters is 1. The Hall–Kier alpha value is -1.22. The van der Waals surface area contributed by atoms with E-state index in [0.29, 0.717) is 57.0 Å². The minimum Gasteiger partial charge on any atom is -0.425 e. The van der Waals surface area contributed by atoms with Gasteiger partial charge in [0.25, 0.3) is 0 Å². The molecule has 0 saturated heterocycles. The Balaban J connectivity index is 0.00000352. The lowest BCUT2D eigenvalue weighted by Gasteiger charge is -2.08. The minimum absolute atomic E-state index is 0.0144. The predicted octanol–water partition coefficient (Wildman–Crippen LogP) is 3.03. The molecule has 0 bridgehead atoms. The third-order valence-corrected chi connectivity index (χ3v) is 3.41. The van der Waals surface area contributed by atoms with Crippen molar-refractivity contribution in [1.82, 2.24) is 0 Å². The van der Waals surface area contributed by atoms with Gasteiger partial charge in [0, 0.05) is 0 Å². The molecule has 0 aliphatic heterocycles. The Morgan fingerprint density at radius 1 is 0.893 bits per heavy atom. The van der Waals surface area contributed by atoms with Crippen LogP contribution in [0.5, 0.6) is 5.75 Å². The number of aryl methyl sites for hydroxylation is 1. The van der Waals surface area contributed by atoms with E-state index < -0.39 is 5.97 Å². The van der Waals surface area contributed by atoms with Crippen LogP contribution in [0.2, 0.25) is 5.02 Å². The van der Waals surface area contributed by atoms with Crippen LogP contribution in [0.15, 0.2) is 18.2 Å². The molecule has 0 aromatic heterocycles. The number of ether oxygens (including phenoxy) is 5. The van der Waals surface area contributed by atoms with Crippen molar-refractivity contribution in [3.05, 3.63) is 28.8 Å². The molecule has 1 aromatic carbocycles. The maximum atomic E-state index is 11.7. The molecule has 0 unspecified atom stereocenters. The second-order valence-corrected chi connectivity index (χ2v) is 5.74. The number of rotatable bonds is 15. The highest BCUT2D eigenvalue weighted by Gasteiger charge is 2.08. The van der Waals surface area contributed by atoms with Gasteiger partial charge in [-0.25, -0.2) is 0 Å². The number of halogens is 1. The average Bonchev–Trinajstić information content (AvgIpc) is 2.69. The summed E-state index contributed by atoms with van der Waals surface area (Å²) in [5.41, 5.74) is 0.999. The number of benzene rings is 1. The number of carbonyl (C=O) groups excluding carboxylic acids is 1. The highest BCUT2D eigenvalue weighted by molar-refractivity contribution is 6.32. The highest BCUT2D eigenvalue weighted by atomic mass is 35.5. The molecule has 0 fully saturated rings. The largest absolute Gasteiger partial charge is 0.425 e. The maximum absolute atomic E-state index is 11.7. The van der Waals surface area contributed by atoms with Crippen LogP contribution in [0.4, 0.5) is 0 Å². The van der Waals surface area contributed by atoms with Crippen molar-refractivity contribution in [2.75, 3.05) is 59.5 Å². The first-order valence-corrected chi connectivity index (χ1v) is 9.90. The zero-order chi connectivity index (χ0) is 21.0. The van der Waals surface area contributed by atoms with Crippen molar-refractivity contribution in [2.45, 2.75) is 27.2 Å². The minimum atomic E-state index is -0.395. The Morgan fingerprint density at radius 2 is 1.39 bits per heavy atom. The monoisotopic (exact) mass is 420 g/mol. The summed E-state index contributed by atoms with van der Waals surface area (Å²) in [5.74, 6) is -0.0409. The Bertz CT molecular complexity index is 511. The SMILES string of the molecule is CC.Cc1ccc(OC(=O)CCOCCOCCOCCOCCO)c(Cl)c1. The van der Waals surface area contributed by atoms with Crippen LogP contribution in [0.25, 0.3) is 0 Å². The molecule has 0 atom stereocenters. The summed E-state index contributed by atoms with van der Waals surface area (Å²) < 4.78 is 26.1. The normalized spacial score (nSPS) is 10.3. The second-order valence-electron chi connectivity index (χ2n) is 5.33. The Morgan fingerprint density at radius 3 is 1.89 bits per heavy atom. The van der Waals surface area contributed by atoms with Crippen molar-refractivity contribution in [2.24, 2.45) is 0 Å².